The van der Waals surface area contributed by atoms with Gasteiger partial charge in [-0.1, -0.05) is 29.8 Å². The molecule has 1 heterocycles. The van der Waals surface area contributed by atoms with Crippen molar-refractivity contribution in [3.05, 3.63) is 69.1 Å². The van der Waals surface area contributed by atoms with Crippen molar-refractivity contribution in [3.8, 4) is 0 Å². The second kappa shape index (κ2) is 7.38. The van der Waals surface area contributed by atoms with Gasteiger partial charge in [0.05, 0.1) is 6.04 Å². The SMILES string of the molecule is COCCCn1cccc(C(N)c2cc(C)ccc2C)c1=O. The predicted molar refractivity (Wildman–Crippen MR) is 89.1 cm³/mol. The molecule has 1 aromatic carbocycles. The first-order valence-electron chi connectivity index (χ1n) is 7.55. The van der Waals surface area contributed by atoms with Gasteiger partial charge in [-0.25, -0.2) is 0 Å². The van der Waals surface area contributed by atoms with Crippen molar-refractivity contribution in [2.45, 2.75) is 32.9 Å². The summed E-state index contributed by atoms with van der Waals surface area (Å²) >= 11 is 0. The Morgan fingerprint density at radius 3 is 2.73 bits per heavy atom. The minimum absolute atomic E-state index is 0.0213. The molecule has 0 bridgehead atoms. The molecule has 1 atom stereocenters. The molecule has 1 aromatic heterocycles. The molecule has 4 nitrogen and oxygen atoms in total. The van der Waals surface area contributed by atoms with Crippen LogP contribution in [0.2, 0.25) is 0 Å². The van der Waals surface area contributed by atoms with Crippen LogP contribution in [-0.2, 0) is 11.3 Å². The number of benzene rings is 1. The van der Waals surface area contributed by atoms with Crippen molar-refractivity contribution in [1.29, 1.82) is 0 Å². The van der Waals surface area contributed by atoms with Gasteiger partial charge in [0.2, 0.25) is 0 Å². The van der Waals surface area contributed by atoms with Gasteiger partial charge in [-0.15, -0.1) is 0 Å². The summed E-state index contributed by atoms with van der Waals surface area (Å²) in [5.74, 6) is 0. The van der Waals surface area contributed by atoms with Gasteiger partial charge >= 0.3 is 0 Å². The molecule has 0 aliphatic carbocycles. The normalized spacial score (nSPS) is 12.4. The summed E-state index contributed by atoms with van der Waals surface area (Å²) in [7, 11) is 1.66. The number of rotatable bonds is 6. The molecule has 0 aliphatic rings. The average Bonchev–Trinajstić information content (AvgIpc) is 2.51. The largest absolute Gasteiger partial charge is 0.385 e. The van der Waals surface area contributed by atoms with Gasteiger partial charge in [0, 0.05) is 32.0 Å². The monoisotopic (exact) mass is 300 g/mol. The standard InChI is InChI=1S/C18H24N2O2/c1-13-7-8-14(2)16(12-13)17(19)15-6-4-9-20(18(15)21)10-5-11-22-3/h4,6-9,12,17H,5,10-11,19H2,1-3H3. The maximum absolute atomic E-state index is 12.6. The number of hydrogen-bond acceptors (Lipinski definition) is 3. The first-order chi connectivity index (χ1) is 10.5. The molecule has 22 heavy (non-hydrogen) atoms. The van der Waals surface area contributed by atoms with Crippen LogP contribution in [0.1, 0.15) is 34.7 Å². The van der Waals surface area contributed by atoms with Crippen molar-refractivity contribution < 1.29 is 4.74 Å². The van der Waals surface area contributed by atoms with E-state index in [-0.39, 0.29) is 5.56 Å². The lowest BCUT2D eigenvalue weighted by Crippen LogP contribution is -2.29. The lowest BCUT2D eigenvalue weighted by atomic mass is 9.95. The minimum Gasteiger partial charge on any atom is -0.385 e. The smallest absolute Gasteiger partial charge is 0.255 e. The Morgan fingerprint density at radius 2 is 2.00 bits per heavy atom. The maximum Gasteiger partial charge on any atom is 0.255 e. The van der Waals surface area contributed by atoms with Gasteiger partial charge in [-0.3, -0.25) is 4.79 Å². The summed E-state index contributed by atoms with van der Waals surface area (Å²) in [4.78, 5) is 12.6. The average molecular weight is 300 g/mol. The Labute approximate surface area is 131 Å². The van der Waals surface area contributed by atoms with E-state index in [2.05, 4.69) is 12.1 Å². The van der Waals surface area contributed by atoms with E-state index in [1.165, 1.54) is 0 Å². The number of nitrogens with zero attached hydrogens (tertiary/aromatic N) is 1. The van der Waals surface area contributed by atoms with E-state index in [0.717, 1.165) is 23.1 Å². The van der Waals surface area contributed by atoms with E-state index in [1.807, 2.05) is 32.0 Å². The first kappa shape index (κ1) is 16.5. The Kier molecular flexibility index (Phi) is 5.52. The van der Waals surface area contributed by atoms with Crippen molar-refractivity contribution >= 4 is 0 Å². The van der Waals surface area contributed by atoms with E-state index >= 15 is 0 Å². The van der Waals surface area contributed by atoms with Gasteiger partial charge in [0.25, 0.3) is 5.56 Å². The number of methoxy groups -OCH3 is 1. The quantitative estimate of drug-likeness (QED) is 0.834. The first-order valence-corrected chi connectivity index (χ1v) is 7.55. The fourth-order valence-electron chi connectivity index (χ4n) is 2.61. The van der Waals surface area contributed by atoms with Crippen molar-refractivity contribution in [3.63, 3.8) is 0 Å². The summed E-state index contributed by atoms with van der Waals surface area (Å²) in [6, 6.07) is 9.46. The number of hydrogen-bond donors (Lipinski definition) is 1. The lowest BCUT2D eigenvalue weighted by Gasteiger charge is -2.17. The molecular formula is C18H24N2O2. The van der Waals surface area contributed by atoms with Crippen LogP contribution in [0.5, 0.6) is 0 Å². The predicted octanol–water partition coefficient (Wildman–Crippen LogP) is 2.55. The van der Waals surface area contributed by atoms with Crippen LogP contribution in [0, 0.1) is 13.8 Å². The van der Waals surface area contributed by atoms with Crippen LogP contribution in [0.25, 0.3) is 0 Å². The Balaban J connectivity index is 2.34. The van der Waals surface area contributed by atoms with E-state index in [4.69, 9.17) is 10.5 Å². The number of pyridine rings is 1. The summed E-state index contributed by atoms with van der Waals surface area (Å²) in [6.07, 6.45) is 2.61. The Hall–Kier alpha value is -1.91. The highest BCUT2D eigenvalue weighted by molar-refractivity contribution is 5.38. The molecule has 2 N–H and O–H groups in total. The van der Waals surface area contributed by atoms with Crippen LogP contribution in [0.15, 0.2) is 41.3 Å². The number of nitrogens with two attached hydrogens (primary N) is 1. The van der Waals surface area contributed by atoms with Crippen LogP contribution < -0.4 is 11.3 Å². The summed E-state index contributed by atoms with van der Waals surface area (Å²) in [5, 5.41) is 0. The minimum atomic E-state index is -0.401. The molecule has 0 saturated carbocycles. The fraction of sp³-hybridized carbons (Fsp3) is 0.389. The summed E-state index contributed by atoms with van der Waals surface area (Å²) in [6.45, 7) is 5.33. The van der Waals surface area contributed by atoms with Crippen LogP contribution in [0.3, 0.4) is 0 Å². The topological polar surface area (TPSA) is 57.2 Å². The molecule has 0 saturated heterocycles. The third-order valence-electron chi connectivity index (χ3n) is 3.90. The molecule has 0 aliphatic heterocycles. The summed E-state index contributed by atoms with van der Waals surface area (Å²) in [5.41, 5.74) is 10.2. The molecule has 2 rings (SSSR count). The molecule has 118 valence electrons. The third-order valence-corrected chi connectivity index (χ3v) is 3.90. The van der Waals surface area contributed by atoms with E-state index in [9.17, 15) is 4.79 Å². The number of ether oxygens (including phenoxy) is 1. The van der Waals surface area contributed by atoms with Crippen LogP contribution in [-0.4, -0.2) is 18.3 Å². The van der Waals surface area contributed by atoms with E-state index in [0.29, 0.717) is 18.7 Å². The highest BCUT2D eigenvalue weighted by atomic mass is 16.5. The molecule has 1 unspecified atom stereocenters. The second-order valence-electron chi connectivity index (χ2n) is 5.65. The molecular weight excluding hydrogens is 276 g/mol. The highest BCUT2D eigenvalue weighted by Gasteiger charge is 2.16. The summed E-state index contributed by atoms with van der Waals surface area (Å²) < 4.78 is 6.75. The lowest BCUT2D eigenvalue weighted by molar-refractivity contribution is 0.190. The maximum atomic E-state index is 12.6. The van der Waals surface area contributed by atoms with Crippen molar-refractivity contribution in [2.75, 3.05) is 13.7 Å². The van der Waals surface area contributed by atoms with Crippen molar-refractivity contribution in [2.24, 2.45) is 5.73 Å². The Morgan fingerprint density at radius 1 is 1.23 bits per heavy atom. The Bertz CT molecular complexity index is 692. The zero-order valence-corrected chi connectivity index (χ0v) is 13.5. The van der Waals surface area contributed by atoms with E-state index < -0.39 is 6.04 Å². The van der Waals surface area contributed by atoms with Crippen LogP contribution >= 0.6 is 0 Å². The zero-order valence-electron chi connectivity index (χ0n) is 13.5. The van der Waals surface area contributed by atoms with Crippen LogP contribution in [0.4, 0.5) is 0 Å². The van der Waals surface area contributed by atoms with Gasteiger partial charge in [-0.2, -0.15) is 0 Å². The zero-order chi connectivity index (χ0) is 16.1. The second-order valence-corrected chi connectivity index (χ2v) is 5.65. The number of aryl methyl sites for hydroxylation is 3. The van der Waals surface area contributed by atoms with Gasteiger partial charge in [0.15, 0.2) is 0 Å². The molecule has 0 radical (unpaired) electrons. The molecule has 0 spiro atoms. The van der Waals surface area contributed by atoms with E-state index in [1.54, 1.807) is 17.9 Å². The van der Waals surface area contributed by atoms with Gasteiger partial charge in [0.1, 0.15) is 0 Å². The van der Waals surface area contributed by atoms with Gasteiger partial charge < -0.3 is 15.0 Å². The molecule has 2 aromatic rings. The van der Waals surface area contributed by atoms with Crippen molar-refractivity contribution in [1.82, 2.24) is 4.57 Å². The molecule has 4 heteroatoms. The fourth-order valence-corrected chi connectivity index (χ4v) is 2.61. The third kappa shape index (κ3) is 3.64. The molecule has 0 amide bonds. The van der Waals surface area contributed by atoms with Gasteiger partial charge in [-0.05, 0) is 37.5 Å². The molecule has 0 fully saturated rings. The number of aromatic nitrogens is 1. The highest BCUT2D eigenvalue weighted by Crippen LogP contribution is 2.21.